The van der Waals surface area contributed by atoms with Crippen LogP contribution in [-0.4, -0.2) is 35.6 Å². The normalized spacial score (nSPS) is 12.8. The van der Waals surface area contributed by atoms with Gasteiger partial charge in [-0.25, -0.2) is 27.2 Å². The Kier molecular flexibility index (Phi) is 6.14. The summed E-state index contributed by atoms with van der Waals surface area (Å²) in [5, 5.41) is 10.3. The highest BCUT2D eigenvalue weighted by Crippen LogP contribution is 2.28. The van der Waals surface area contributed by atoms with Crippen LogP contribution in [0, 0.1) is 0 Å². The number of ether oxygens (including phenoxy) is 1. The van der Waals surface area contributed by atoms with Crippen molar-refractivity contribution in [2.24, 2.45) is 0 Å². The number of carboxylic acids is 1. The van der Waals surface area contributed by atoms with E-state index < -0.39 is 36.9 Å². The van der Waals surface area contributed by atoms with Crippen molar-refractivity contribution in [3.63, 3.8) is 0 Å². The van der Waals surface area contributed by atoms with Crippen molar-refractivity contribution in [3.05, 3.63) is 35.9 Å². The first-order chi connectivity index (χ1) is 10.2. The Balaban J connectivity index is 2.56. The van der Waals surface area contributed by atoms with Crippen LogP contribution in [0.25, 0.3) is 0 Å². The van der Waals surface area contributed by atoms with Gasteiger partial charge in [-0.3, -0.25) is 0 Å². The SMILES string of the molecule is O=C(NC(CC(F)(F)C(F)F)C(=O)O)OCc1ccccc1. The third-order valence-electron chi connectivity index (χ3n) is 2.60. The molecule has 0 heterocycles. The molecule has 22 heavy (non-hydrogen) atoms. The number of alkyl halides is 4. The van der Waals surface area contributed by atoms with Gasteiger partial charge >= 0.3 is 24.4 Å². The van der Waals surface area contributed by atoms with Gasteiger partial charge in [-0.1, -0.05) is 30.3 Å². The van der Waals surface area contributed by atoms with Crippen LogP contribution in [0.5, 0.6) is 0 Å². The van der Waals surface area contributed by atoms with Crippen LogP contribution in [0.3, 0.4) is 0 Å². The van der Waals surface area contributed by atoms with Gasteiger partial charge in [0.1, 0.15) is 12.6 Å². The van der Waals surface area contributed by atoms with Gasteiger partial charge in [0.15, 0.2) is 0 Å². The Morgan fingerprint density at radius 1 is 1.23 bits per heavy atom. The number of hydrogen-bond acceptors (Lipinski definition) is 3. The first-order valence-corrected chi connectivity index (χ1v) is 6.08. The number of amides is 1. The molecule has 0 saturated heterocycles. The van der Waals surface area contributed by atoms with E-state index in [4.69, 9.17) is 5.11 Å². The van der Waals surface area contributed by atoms with Gasteiger partial charge in [-0.05, 0) is 5.56 Å². The quantitative estimate of drug-likeness (QED) is 0.757. The summed E-state index contributed by atoms with van der Waals surface area (Å²) in [5.41, 5.74) is 0.586. The molecule has 0 radical (unpaired) electrons. The van der Waals surface area contributed by atoms with Gasteiger partial charge in [-0.15, -0.1) is 0 Å². The fraction of sp³-hybridized carbons (Fsp3) is 0.385. The fourth-order valence-corrected chi connectivity index (χ4v) is 1.47. The van der Waals surface area contributed by atoms with Gasteiger partial charge < -0.3 is 15.2 Å². The van der Waals surface area contributed by atoms with E-state index >= 15 is 0 Å². The summed E-state index contributed by atoms with van der Waals surface area (Å²) in [6, 6.07) is 6.10. The minimum Gasteiger partial charge on any atom is -0.480 e. The number of hydrogen-bond donors (Lipinski definition) is 2. The monoisotopic (exact) mass is 323 g/mol. The van der Waals surface area contributed by atoms with Crippen LogP contribution in [0.1, 0.15) is 12.0 Å². The predicted molar refractivity (Wildman–Crippen MR) is 66.8 cm³/mol. The Labute approximate surface area is 122 Å². The zero-order valence-electron chi connectivity index (χ0n) is 11.1. The number of halogens is 4. The summed E-state index contributed by atoms with van der Waals surface area (Å²) < 4.78 is 54.5. The van der Waals surface area contributed by atoms with Gasteiger partial charge in [-0.2, -0.15) is 0 Å². The maximum Gasteiger partial charge on any atom is 0.408 e. The zero-order chi connectivity index (χ0) is 16.8. The average Bonchev–Trinajstić information content (AvgIpc) is 2.45. The molecule has 0 fully saturated rings. The lowest BCUT2D eigenvalue weighted by Gasteiger charge is -2.20. The highest BCUT2D eigenvalue weighted by Gasteiger charge is 2.45. The largest absolute Gasteiger partial charge is 0.480 e. The van der Waals surface area contributed by atoms with E-state index in [9.17, 15) is 27.2 Å². The smallest absolute Gasteiger partial charge is 0.408 e. The van der Waals surface area contributed by atoms with E-state index in [1.165, 1.54) is 0 Å². The second kappa shape index (κ2) is 7.62. The molecule has 1 aromatic rings. The van der Waals surface area contributed by atoms with Crippen molar-refractivity contribution in [2.45, 2.75) is 31.4 Å². The van der Waals surface area contributed by atoms with Crippen LogP contribution >= 0.6 is 0 Å². The summed E-state index contributed by atoms with van der Waals surface area (Å²) >= 11 is 0. The molecule has 0 spiro atoms. The molecule has 9 heteroatoms. The molecular weight excluding hydrogens is 310 g/mol. The van der Waals surface area contributed by atoms with E-state index in [-0.39, 0.29) is 6.61 Å². The molecule has 5 nitrogen and oxygen atoms in total. The molecule has 1 aromatic carbocycles. The maximum atomic E-state index is 12.9. The molecule has 1 unspecified atom stereocenters. The van der Waals surface area contributed by atoms with Gasteiger partial charge in [0.2, 0.25) is 0 Å². The van der Waals surface area contributed by atoms with Crippen LogP contribution in [0.4, 0.5) is 22.4 Å². The molecule has 0 aromatic heterocycles. The highest BCUT2D eigenvalue weighted by atomic mass is 19.3. The Hall–Kier alpha value is -2.32. The number of aliphatic carboxylic acids is 1. The van der Waals surface area contributed by atoms with Gasteiger partial charge in [0.05, 0.1) is 0 Å². The van der Waals surface area contributed by atoms with Crippen LogP contribution < -0.4 is 5.32 Å². The fourth-order valence-electron chi connectivity index (χ4n) is 1.47. The number of benzene rings is 1. The van der Waals surface area contributed by atoms with Gasteiger partial charge in [0, 0.05) is 6.42 Å². The van der Waals surface area contributed by atoms with E-state index in [1.807, 2.05) is 0 Å². The topological polar surface area (TPSA) is 75.6 Å². The molecule has 2 N–H and O–H groups in total. The van der Waals surface area contributed by atoms with Crippen molar-refractivity contribution in [3.8, 4) is 0 Å². The lowest BCUT2D eigenvalue weighted by atomic mass is 10.1. The lowest BCUT2D eigenvalue weighted by Crippen LogP contribution is -2.46. The summed E-state index contributed by atoms with van der Waals surface area (Å²) in [7, 11) is 0. The lowest BCUT2D eigenvalue weighted by molar-refractivity contribution is -0.154. The first-order valence-electron chi connectivity index (χ1n) is 6.08. The number of alkyl carbamates (subject to hydrolysis) is 1. The Bertz CT molecular complexity index is 510. The number of carbonyl (C=O) groups is 2. The van der Waals surface area contributed by atoms with Crippen LogP contribution in [-0.2, 0) is 16.1 Å². The number of carboxylic acid groups (broad SMARTS) is 1. The molecule has 0 aliphatic rings. The Morgan fingerprint density at radius 3 is 2.32 bits per heavy atom. The van der Waals surface area contributed by atoms with Crippen LogP contribution in [0.2, 0.25) is 0 Å². The second-order valence-corrected chi connectivity index (χ2v) is 4.36. The molecule has 1 amide bonds. The molecule has 1 atom stereocenters. The summed E-state index contributed by atoms with van der Waals surface area (Å²) in [4.78, 5) is 22.1. The van der Waals surface area contributed by atoms with Crippen molar-refractivity contribution >= 4 is 12.1 Å². The zero-order valence-corrected chi connectivity index (χ0v) is 11.1. The van der Waals surface area contributed by atoms with Crippen molar-refractivity contribution < 1.29 is 37.0 Å². The highest BCUT2D eigenvalue weighted by molar-refractivity contribution is 5.79. The van der Waals surface area contributed by atoms with Crippen molar-refractivity contribution in [1.29, 1.82) is 0 Å². The minimum atomic E-state index is -4.53. The molecule has 1 rings (SSSR count). The van der Waals surface area contributed by atoms with E-state index in [2.05, 4.69) is 4.74 Å². The third kappa shape index (κ3) is 5.58. The van der Waals surface area contributed by atoms with Crippen molar-refractivity contribution in [2.75, 3.05) is 0 Å². The van der Waals surface area contributed by atoms with Crippen molar-refractivity contribution in [1.82, 2.24) is 5.32 Å². The summed E-state index contributed by atoms with van der Waals surface area (Å²) in [6.07, 6.45) is -7.06. The molecule has 0 aliphatic carbocycles. The van der Waals surface area contributed by atoms with Gasteiger partial charge in [0.25, 0.3) is 0 Å². The third-order valence-corrected chi connectivity index (χ3v) is 2.60. The second-order valence-electron chi connectivity index (χ2n) is 4.36. The van der Waals surface area contributed by atoms with E-state index in [0.717, 1.165) is 0 Å². The minimum absolute atomic E-state index is 0.218. The predicted octanol–water partition coefficient (Wildman–Crippen LogP) is 2.66. The molecular formula is C13H13F4NO4. The maximum absolute atomic E-state index is 12.9. The average molecular weight is 323 g/mol. The standard InChI is InChI=1S/C13H13F4NO4/c14-11(15)13(16,17)6-9(10(19)20)18-12(21)22-7-8-4-2-1-3-5-8/h1-5,9,11H,6-7H2,(H,18,21)(H,19,20). The Morgan fingerprint density at radius 2 is 1.82 bits per heavy atom. The van der Waals surface area contributed by atoms with E-state index in [0.29, 0.717) is 5.56 Å². The molecule has 0 bridgehead atoms. The molecule has 122 valence electrons. The number of nitrogens with one attached hydrogen (secondary N) is 1. The number of carbonyl (C=O) groups excluding carboxylic acids is 1. The van der Waals surface area contributed by atoms with Crippen LogP contribution in [0.15, 0.2) is 30.3 Å². The molecule has 0 aliphatic heterocycles. The van der Waals surface area contributed by atoms with E-state index in [1.54, 1.807) is 35.6 Å². The molecule has 0 saturated carbocycles. The number of rotatable bonds is 7. The summed E-state index contributed by atoms with van der Waals surface area (Å²) in [5.74, 6) is -6.40. The first kappa shape index (κ1) is 17.7. The summed E-state index contributed by atoms with van der Waals surface area (Å²) in [6.45, 7) is -0.218.